The molecular weight excluding hydrogens is 168 g/mol. The van der Waals surface area contributed by atoms with Gasteiger partial charge in [0.05, 0.1) is 6.10 Å². The normalized spacial score (nSPS) is 14.7. The van der Waals surface area contributed by atoms with E-state index in [1.54, 1.807) is 11.3 Å². The summed E-state index contributed by atoms with van der Waals surface area (Å²) in [6.07, 6.45) is 0.601. The minimum Gasteiger partial charge on any atom is -0.393 e. The van der Waals surface area contributed by atoms with Crippen LogP contribution in [-0.4, -0.2) is 11.2 Å². The first-order chi connectivity index (χ1) is 5.52. The number of aliphatic hydroxyl groups is 1. The van der Waals surface area contributed by atoms with Gasteiger partial charge in [0, 0.05) is 0 Å². The molecule has 1 aromatic heterocycles. The van der Waals surface area contributed by atoms with E-state index in [9.17, 15) is 5.11 Å². The van der Waals surface area contributed by atoms with E-state index in [0.29, 0.717) is 0 Å². The molecule has 1 aromatic rings. The second kappa shape index (κ2) is 3.58. The van der Waals surface area contributed by atoms with Gasteiger partial charge < -0.3 is 5.11 Å². The molecule has 0 aliphatic rings. The van der Waals surface area contributed by atoms with Crippen molar-refractivity contribution in [2.45, 2.75) is 38.7 Å². The molecule has 0 spiro atoms. The Morgan fingerprint density at radius 3 is 2.67 bits per heavy atom. The van der Waals surface area contributed by atoms with E-state index in [0.717, 1.165) is 6.42 Å². The van der Waals surface area contributed by atoms with Crippen LogP contribution in [0.2, 0.25) is 0 Å². The Kier molecular flexibility index (Phi) is 2.91. The predicted octanol–water partition coefficient (Wildman–Crippen LogP) is 2.80. The second-order valence-corrected chi connectivity index (χ2v) is 4.73. The predicted molar refractivity (Wildman–Crippen MR) is 53.6 cm³/mol. The zero-order valence-electron chi connectivity index (χ0n) is 7.87. The van der Waals surface area contributed by atoms with Crippen molar-refractivity contribution >= 4 is 11.3 Å². The van der Waals surface area contributed by atoms with Crippen LogP contribution in [0, 0.1) is 0 Å². The Morgan fingerprint density at radius 2 is 2.25 bits per heavy atom. The highest BCUT2D eigenvalue weighted by Gasteiger charge is 2.22. The summed E-state index contributed by atoms with van der Waals surface area (Å²) >= 11 is 1.71. The lowest BCUT2D eigenvalue weighted by Crippen LogP contribution is -2.22. The van der Waals surface area contributed by atoms with Gasteiger partial charge in [0.25, 0.3) is 0 Å². The van der Waals surface area contributed by atoms with Gasteiger partial charge in [0.15, 0.2) is 0 Å². The molecule has 0 amide bonds. The van der Waals surface area contributed by atoms with Crippen molar-refractivity contribution in [3.8, 4) is 0 Å². The molecular formula is C10H16OS. The van der Waals surface area contributed by atoms with Crippen molar-refractivity contribution in [1.29, 1.82) is 0 Å². The van der Waals surface area contributed by atoms with Gasteiger partial charge in [-0.05, 0) is 41.1 Å². The van der Waals surface area contributed by atoms with Crippen molar-refractivity contribution in [3.63, 3.8) is 0 Å². The Bertz CT molecular complexity index is 224. The van der Waals surface area contributed by atoms with E-state index in [-0.39, 0.29) is 11.5 Å². The van der Waals surface area contributed by atoms with Gasteiger partial charge in [0.1, 0.15) is 0 Å². The highest BCUT2D eigenvalue weighted by molar-refractivity contribution is 7.08. The molecule has 68 valence electrons. The van der Waals surface area contributed by atoms with Crippen LogP contribution in [0.15, 0.2) is 16.8 Å². The van der Waals surface area contributed by atoms with E-state index in [1.165, 1.54) is 5.56 Å². The number of rotatable bonds is 3. The van der Waals surface area contributed by atoms with Crippen molar-refractivity contribution in [2.75, 3.05) is 0 Å². The van der Waals surface area contributed by atoms with Gasteiger partial charge in [-0.25, -0.2) is 0 Å². The highest BCUT2D eigenvalue weighted by Crippen LogP contribution is 2.29. The molecule has 1 atom stereocenters. The van der Waals surface area contributed by atoms with Crippen LogP contribution in [-0.2, 0) is 5.41 Å². The zero-order valence-corrected chi connectivity index (χ0v) is 8.69. The molecule has 2 heteroatoms. The standard InChI is InChI=1S/C10H16OS/c1-8(11)6-10(2,3)9-4-5-12-7-9/h4-5,7-8,11H,6H2,1-3H3. The summed E-state index contributed by atoms with van der Waals surface area (Å²) in [5.41, 5.74) is 1.43. The molecule has 1 heterocycles. The minimum absolute atomic E-state index is 0.105. The molecule has 1 unspecified atom stereocenters. The van der Waals surface area contributed by atoms with Crippen LogP contribution in [0.25, 0.3) is 0 Å². The average molecular weight is 184 g/mol. The molecule has 0 saturated heterocycles. The topological polar surface area (TPSA) is 20.2 Å². The molecule has 1 nitrogen and oxygen atoms in total. The van der Waals surface area contributed by atoms with Crippen molar-refractivity contribution in [1.82, 2.24) is 0 Å². The maximum atomic E-state index is 9.29. The first-order valence-electron chi connectivity index (χ1n) is 4.23. The maximum Gasteiger partial charge on any atom is 0.0520 e. The molecule has 1 N–H and O–H groups in total. The van der Waals surface area contributed by atoms with Crippen molar-refractivity contribution in [2.24, 2.45) is 0 Å². The Hall–Kier alpha value is -0.340. The van der Waals surface area contributed by atoms with E-state index >= 15 is 0 Å². The first kappa shape index (κ1) is 9.75. The summed E-state index contributed by atoms with van der Waals surface area (Å²) in [6.45, 7) is 6.18. The third-order valence-electron chi connectivity index (χ3n) is 2.11. The largest absolute Gasteiger partial charge is 0.393 e. The van der Waals surface area contributed by atoms with Gasteiger partial charge in [-0.3, -0.25) is 0 Å². The summed E-state index contributed by atoms with van der Waals surface area (Å²) in [5.74, 6) is 0. The van der Waals surface area contributed by atoms with Gasteiger partial charge >= 0.3 is 0 Å². The highest BCUT2D eigenvalue weighted by atomic mass is 32.1. The van der Waals surface area contributed by atoms with E-state index in [2.05, 4.69) is 30.7 Å². The van der Waals surface area contributed by atoms with E-state index in [4.69, 9.17) is 0 Å². The molecule has 0 aliphatic heterocycles. The Balaban J connectivity index is 2.72. The van der Waals surface area contributed by atoms with Crippen LogP contribution in [0.5, 0.6) is 0 Å². The number of aliphatic hydroxyl groups excluding tert-OH is 1. The zero-order chi connectivity index (χ0) is 9.19. The van der Waals surface area contributed by atoms with Crippen LogP contribution < -0.4 is 0 Å². The van der Waals surface area contributed by atoms with Crippen LogP contribution in [0.4, 0.5) is 0 Å². The summed E-state index contributed by atoms with van der Waals surface area (Å²) in [4.78, 5) is 0. The second-order valence-electron chi connectivity index (χ2n) is 3.95. The average Bonchev–Trinajstić information content (AvgIpc) is 2.32. The Labute approximate surface area is 78.1 Å². The fourth-order valence-electron chi connectivity index (χ4n) is 1.51. The third-order valence-corrected chi connectivity index (χ3v) is 2.79. The van der Waals surface area contributed by atoms with Crippen LogP contribution in [0.3, 0.4) is 0 Å². The smallest absolute Gasteiger partial charge is 0.0520 e. The number of hydrogen-bond acceptors (Lipinski definition) is 2. The molecule has 12 heavy (non-hydrogen) atoms. The molecule has 0 aliphatic carbocycles. The Morgan fingerprint density at radius 1 is 1.58 bits per heavy atom. The van der Waals surface area contributed by atoms with E-state index in [1.807, 2.05) is 6.92 Å². The first-order valence-corrected chi connectivity index (χ1v) is 5.17. The van der Waals surface area contributed by atoms with Crippen molar-refractivity contribution in [3.05, 3.63) is 22.4 Å². The fourth-order valence-corrected chi connectivity index (χ4v) is 2.35. The molecule has 0 fully saturated rings. The van der Waals surface area contributed by atoms with Crippen LogP contribution >= 0.6 is 11.3 Å². The molecule has 0 radical (unpaired) electrons. The number of thiophene rings is 1. The lowest BCUT2D eigenvalue weighted by molar-refractivity contribution is 0.157. The van der Waals surface area contributed by atoms with Gasteiger partial charge in [-0.15, -0.1) is 0 Å². The SMILES string of the molecule is CC(O)CC(C)(C)c1ccsc1. The monoisotopic (exact) mass is 184 g/mol. The quantitative estimate of drug-likeness (QED) is 0.766. The lowest BCUT2D eigenvalue weighted by Gasteiger charge is -2.25. The third kappa shape index (κ3) is 2.32. The van der Waals surface area contributed by atoms with Gasteiger partial charge in [-0.1, -0.05) is 13.8 Å². The van der Waals surface area contributed by atoms with Gasteiger partial charge in [-0.2, -0.15) is 11.3 Å². The van der Waals surface area contributed by atoms with Crippen molar-refractivity contribution < 1.29 is 5.11 Å². The summed E-state index contributed by atoms with van der Waals surface area (Å²) in [5, 5.41) is 13.5. The number of hydrogen-bond donors (Lipinski definition) is 1. The fraction of sp³-hybridized carbons (Fsp3) is 0.600. The summed E-state index contributed by atoms with van der Waals surface area (Å²) in [6, 6.07) is 2.13. The lowest BCUT2D eigenvalue weighted by atomic mass is 9.81. The summed E-state index contributed by atoms with van der Waals surface area (Å²) in [7, 11) is 0. The maximum absolute atomic E-state index is 9.29. The molecule has 0 saturated carbocycles. The van der Waals surface area contributed by atoms with E-state index < -0.39 is 0 Å². The molecule has 1 rings (SSSR count). The minimum atomic E-state index is -0.222. The van der Waals surface area contributed by atoms with Gasteiger partial charge in [0.2, 0.25) is 0 Å². The van der Waals surface area contributed by atoms with Crippen LogP contribution in [0.1, 0.15) is 32.8 Å². The summed E-state index contributed by atoms with van der Waals surface area (Å²) < 4.78 is 0. The molecule has 0 bridgehead atoms. The molecule has 0 aromatic carbocycles.